The number of benzene rings is 2. The number of hydrogen-bond acceptors (Lipinski definition) is 2. The monoisotopic (exact) mass is 463 g/mol. The van der Waals surface area contributed by atoms with E-state index in [-0.39, 0.29) is 12.1 Å². The van der Waals surface area contributed by atoms with Gasteiger partial charge in [0.15, 0.2) is 0 Å². The van der Waals surface area contributed by atoms with Gasteiger partial charge in [0, 0.05) is 3.57 Å². The van der Waals surface area contributed by atoms with E-state index in [9.17, 15) is 4.79 Å². The Bertz CT molecular complexity index is 698. The zero-order valence-electron chi connectivity index (χ0n) is 15.0. The molecule has 2 aromatic rings. The second kappa shape index (κ2) is 9.95. The van der Waals surface area contributed by atoms with Gasteiger partial charge in [-0.05, 0) is 58.2 Å². The Morgan fingerprint density at radius 3 is 2.58 bits per heavy atom. The summed E-state index contributed by atoms with van der Waals surface area (Å²) in [6, 6.07) is 18.2. The number of nitrogens with one attached hydrogen (secondary N) is 1. The van der Waals surface area contributed by atoms with E-state index < -0.39 is 0 Å². The minimum atomic E-state index is -0.339. The topological polar surface area (TPSA) is 38.3 Å². The largest absolute Gasteiger partial charge is 0.445 e. The first-order chi connectivity index (χ1) is 12.7. The molecule has 1 amide bonds. The van der Waals surface area contributed by atoms with Crippen molar-refractivity contribution in [3.8, 4) is 0 Å². The quantitative estimate of drug-likeness (QED) is 0.516. The Morgan fingerprint density at radius 2 is 1.85 bits per heavy atom. The Hall–Kier alpha value is -1.56. The van der Waals surface area contributed by atoms with E-state index >= 15 is 0 Å². The summed E-state index contributed by atoms with van der Waals surface area (Å²) in [6.07, 6.45) is 7.14. The van der Waals surface area contributed by atoms with E-state index in [1.54, 1.807) is 0 Å². The van der Waals surface area contributed by atoms with Crippen LogP contribution in [0.4, 0.5) is 4.79 Å². The van der Waals surface area contributed by atoms with Gasteiger partial charge in [0.25, 0.3) is 0 Å². The maximum absolute atomic E-state index is 12.4. The average Bonchev–Trinajstić information content (AvgIpc) is 2.67. The van der Waals surface area contributed by atoms with Crippen LogP contribution in [-0.2, 0) is 11.3 Å². The molecule has 26 heavy (non-hydrogen) atoms. The van der Waals surface area contributed by atoms with Crippen molar-refractivity contribution in [2.24, 2.45) is 5.92 Å². The molecule has 1 fully saturated rings. The van der Waals surface area contributed by atoms with Gasteiger partial charge in [-0.3, -0.25) is 0 Å². The van der Waals surface area contributed by atoms with Crippen LogP contribution in [-0.4, -0.2) is 6.09 Å². The molecule has 0 radical (unpaired) electrons. The minimum absolute atomic E-state index is 0.0103. The van der Waals surface area contributed by atoms with Crippen molar-refractivity contribution in [3.05, 3.63) is 69.3 Å². The number of ether oxygens (including phenoxy) is 1. The first kappa shape index (κ1) is 19.2. The highest BCUT2D eigenvalue weighted by Gasteiger charge is 2.22. The number of amides is 1. The first-order valence-corrected chi connectivity index (χ1v) is 10.5. The fraction of sp³-hybridized carbons (Fsp3) is 0.409. The van der Waals surface area contributed by atoms with Gasteiger partial charge in [0.2, 0.25) is 0 Å². The molecular weight excluding hydrogens is 437 g/mol. The summed E-state index contributed by atoms with van der Waals surface area (Å²) in [6.45, 7) is 0.301. The third-order valence-corrected chi connectivity index (χ3v) is 5.72. The lowest BCUT2D eigenvalue weighted by Gasteiger charge is -2.27. The molecular formula is C22H26INO2. The number of halogens is 1. The molecule has 0 heterocycles. The second-order valence-electron chi connectivity index (χ2n) is 7.05. The number of rotatable bonds is 6. The molecule has 0 bridgehead atoms. The summed E-state index contributed by atoms with van der Waals surface area (Å²) in [7, 11) is 0. The summed E-state index contributed by atoms with van der Waals surface area (Å²) in [5.74, 6) is 0.682. The molecule has 1 aliphatic carbocycles. The predicted octanol–water partition coefficient (Wildman–Crippen LogP) is 6.23. The predicted molar refractivity (Wildman–Crippen MR) is 113 cm³/mol. The Kier molecular flexibility index (Phi) is 7.35. The smallest absolute Gasteiger partial charge is 0.407 e. The number of carbonyl (C=O) groups excluding carboxylic acids is 1. The summed E-state index contributed by atoms with van der Waals surface area (Å²) in [5, 5.41) is 3.11. The van der Waals surface area contributed by atoms with Crippen LogP contribution >= 0.6 is 22.6 Å². The maximum atomic E-state index is 12.4. The van der Waals surface area contributed by atoms with E-state index in [0.29, 0.717) is 12.5 Å². The van der Waals surface area contributed by atoms with Crippen molar-refractivity contribution in [1.29, 1.82) is 0 Å². The average molecular weight is 463 g/mol. The zero-order chi connectivity index (χ0) is 18.2. The van der Waals surface area contributed by atoms with Crippen molar-refractivity contribution in [3.63, 3.8) is 0 Å². The highest BCUT2D eigenvalue weighted by molar-refractivity contribution is 14.1. The van der Waals surface area contributed by atoms with E-state index in [1.807, 2.05) is 30.3 Å². The molecule has 1 saturated carbocycles. The fourth-order valence-electron chi connectivity index (χ4n) is 3.66. The lowest BCUT2D eigenvalue weighted by Crippen LogP contribution is -2.31. The molecule has 1 atom stereocenters. The Morgan fingerprint density at radius 1 is 1.08 bits per heavy atom. The molecule has 0 saturated heterocycles. The van der Waals surface area contributed by atoms with Crippen molar-refractivity contribution in [2.45, 2.75) is 51.2 Å². The second-order valence-corrected chi connectivity index (χ2v) is 8.30. The van der Waals surface area contributed by atoms with E-state index in [4.69, 9.17) is 4.74 Å². The summed E-state index contributed by atoms with van der Waals surface area (Å²) in [5.41, 5.74) is 2.17. The number of carbonyl (C=O) groups is 1. The molecule has 4 heteroatoms. The van der Waals surface area contributed by atoms with Crippen LogP contribution in [0.15, 0.2) is 54.6 Å². The van der Waals surface area contributed by atoms with Gasteiger partial charge in [0.05, 0.1) is 6.04 Å². The lowest BCUT2D eigenvalue weighted by atomic mass is 9.83. The molecule has 1 unspecified atom stereocenters. The van der Waals surface area contributed by atoms with Gasteiger partial charge in [-0.25, -0.2) is 4.79 Å². The van der Waals surface area contributed by atoms with Crippen molar-refractivity contribution >= 4 is 28.7 Å². The van der Waals surface area contributed by atoms with Crippen LogP contribution < -0.4 is 5.32 Å². The zero-order valence-corrected chi connectivity index (χ0v) is 17.2. The fourth-order valence-corrected chi connectivity index (χ4v) is 4.23. The van der Waals surface area contributed by atoms with E-state index in [2.05, 4.69) is 52.2 Å². The normalized spacial score (nSPS) is 16.0. The molecule has 1 N–H and O–H groups in total. The number of alkyl carbamates (subject to hydrolysis) is 1. The van der Waals surface area contributed by atoms with Crippen LogP contribution in [0.2, 0.25) is 0 Å². The van der Waals surface area contributed by atoms with Gasteiger partial charge >= 0.3 is 6.09 Å². The van der Waals surface area contributed by atoms with Crippen LogP contribution in [0, 0.1) is 9.49 Å². The summed E-state index contributed by atoms with van der Waals surface area (Å²) in [4.78, 5) is 12.4. The Balaban J connectivity index is 1.63. The molecule has 0 spiro atoms. The van der Waals surface area contributed by atoms with Gasteiger partial charge in [0.1, 0.15) is 6.61 Å². The standard InChI is InChI=1S/C22H26INO2/c23-20-13-7-12-19(15-20)21(14-17-8-3-1-4-9-17)24-22(25)26-16-18-10-5-2-6-11-18/h2,5-7,10-13,15,17,21H,1,3-4,8-9,14,16H2,(H,24,25). The molecule has 1 aliphatic rings. The van der Waals surface area contributed by atoms with Crippen LogP contribution in [0.3, 0.4) is 0 Å². The molecule has 3 nitrogen and oxygen atoms in total. The van der Waals surface area contributed by atoms with Gasteiger partial charge < -0.3 is 10.1 Å². The lowest BCUT2D eigenvalue weighted by molar-refractivity contribution is 0.133. The Labute approximate surface area is 169 Å². The third-order valence-electron chi connectivity index (χ3n) is 5.05. The SMILES string of the molecule is O=C(NC(CC1CCCCC1)c1cccc(I)c1)OCc1ccccc1. The third kappa shape index (κ3) is 6.01. The molecule has 0 aliphatic heterocycles. The van der Waals surface area contributed by atoms with Gasteiger partial charge in [-0.2, -0.15) is 0 Å². The molecule has 0 aromatic heterocycles. The first-order valence-electron chi connectivity index (χ1n) is 9.43. The highest BCUT2D eigenvalue weighted by Crippen LogP contribution is 2.32. The van der Waals surface area contributed by atoms with E-state index in [0.717, 1.165) is 12.0 Å². The van der Waals surface area contributed by atoms with Crippen LogP contribution in [0.5, 0.6) is 0 Å². The van der Waals surface area contributed by atoms with Crippen molar-refractivity contribution in [1.82, 2.24) is 5.32 Å². The molecule has 138 valence electrons. The molecule has 3 rings (SSSR count). The highest BCUT2D eigenvalue weighted by atomic mass is 127. The van der Waals surface area contributed by atoms with Crippen LogP contribution in [0.25, 0.3) is 0 Å². The van der Waals surface area contributed by atoms with Crippen molar-refractivity contribution < 1.29 is 9.53 Å². The van der Waals surface area contributed by atoms with Crippen LogP contribution in [0.1, 0.15) is 55.7 Å². The minimum Gasteiger partial charge on any atom is -0.445 e. The summed E-state index contributed by atoms with van der Waals surface area (Å²) < 4.78 is 6.64. The van der Waals surface area contributed by atoms with Gasteiger partial charge in [-0.1, -0.05) is 74.6 Å². The van der Waals surface area contributed by atoms with E-state index in [1.165, 1.54) is 41.2 Å². The van der Waals surface area contributed by atoms with Gasteiger partial charge in [-0.15, -0.1) is 0 Å². The maximum Gasteiger partial charge on any atom is 0.407 e. The number of hydrogen-bond donors (Lipinski definition) is 1. The van der Waals surface area contributed by atoms with Crippen molar-refractivity contribution in [2.75, 3.05) is 0 Å². The molecule has 2 aromatic carbocycles. The summed E-state index contributed by atoms with van der Waals surface area (Å²) >= 11 is 2.32.